The topological polar surface area (TPSA) is 82.7 Å². The summed E-state index contributed by atoms with van der Waals surface area (Å²) in [6, 6.07) is -0.448. The molecule has 0 aromatic carbocycles. The van der Waals surface area contributed by atoms with Crippen molar-refractivity contribution in [3.05, 3.63) is 0 Å². The van der Waals surface area contributed by atoms with Crippen molar-refractivity contribution < 1.29 is 14.3 Å². The maximum atomic E-state index is 12.1. The Labute approximate surface area is 126 Å². The second-order valence-electron chi connectivity index (χ2n) is 5.33. The van der Waals surface area contributed by atoms with E-state index in [-0.39, 0.29) is 11.9 Å². The Morgan fingerprint density at radius 2 is 2.14 bits per heavy atom. The Bertz CT molecular complexity index is 338. The Morgan fingerprint density at radius 1 is 1.38 bits per heavy atom. The lowest BCUT2D eigenvalue weighted by molar-refractivity contribution is -0.126. The number of urea groups is 1. The lowest BCUT2D eigenvalue weighted by Gasteiger charge is -2.39. The number of hydrogen-bond acceptors (Lipinski definition) is 5. The zero-order valence-corrected chi connectivity index (χ0v) is 13.3. The van der Waals surface area contributed by atoms with Crippen molar-refractivity contribution in [1.29, 1.82) is 0 Å². The van der Waals surface area contributed by atoms with E-state index >= 15 is 0 Å². The second kappa shape index (κ2) is 9.70. The summed E-state index contributed by atoms with van der Waals surface area (Å²) in [5.41, 5.74) is 0. The van der Waals surface area contributed by atoms with Gasteiger partial charge in [0.15, 0.2) is 0 Å². The summed E-state index contributed by atoms with van der Waals surface area (Å²) < 4.78 is 5.02. The number of likely N-dealkylation sites (tertiary alicyclic amines) is 1. The lowest BCUT2D eigenvalue weighted by Crippen LogP contribution is -2.56. The molecule has 0 aromatic rings. The molecule has 0 aliphatic carbocycles. The largest absolute Gasteiger partial charge is 0.383 e. The molecule has 122 valence electrons. The van der Waals surface area contributed by atoms with Crippen LogP contribution in [-0.2, 0) is 9.53 Å². The SMILES string of the molecule is CNC(=O)NC(=O)C(C)N1CCCCC1CNCCOC. The third kappa shape index (κ3) is 5.99. The highest BCUT2D eigenvalue weighted by Crippen LogP contribution is 2.19. The average Bonchev–Trinajstić information content (AvgIpc) is 2.51. The van der Waals surface area contributed by atoms with E-state index in [0.717, 1.165) is 32.5 Å². The van der Waals surface area contributed by atoms with Crippen molar-refractivity contribution in [2.75, 3.05) is 40.4 Å². The van der Waals surface area contributed by atoms with E-state index < -0.39 is 6.03 Å². The molecular weight excluding hydrogens is 272 g/mol. The van der Waals surface area contributed by atoms with Crippen LogP contribution in [0.3, 0.4) is 0 Å². The molecule has 2 atom stereocenters. The summed E-state index contributed by atoms with van der Waals surface area (Å²) in [6.07, 6.45) is 3.33. The fraction of sp³-hybridized carbons (Fsp3) is 0.857. The molecule has 7 heteroatoms. The first-order valence-corrected chi connectivity index (χ1v) is 7.58. The van der Waals surface area contributed by atoms with Crippen LogP contribution in [0.4, 0.5) is 4.79 Å². The zero-order chi connectivity index (χ0) is 15.7. The molecule has 1 fully saturated rings. The molecular formula is C14H28N4O3. The van der Waals surface area contributed by atoms with E-state index in [2.05, 4.69) is 20.9 Å². The minimum atomic E-state index is -0.460. The van der Waals surface area contributed by atoms with Crippen LogP contribution >= 0.6 is 0 Å². The zero-order valence-electron chi connectivity index (χ0n) is 13.3. The molecule has 1 aliphatic heterocycles. The van der Waals surface area contributed by atoms with Gasteiger partial charge in [-0.2, -0.15) is 0 Å². The molecule has 21 heavy (non-hydrogen) atoms. The number of hydrogen-bond donors (Lipinski definition) is 3. The number of amides is 3. The molecule has 0 spiro atoms. The quantitative estimate of drug-likeness (QED) is 0.573. The first-order chi connectivity index (χ1) is 10.1. The van der Waals surface area contributed by atoms with Gasteiger partial charge in [0.25, 0.3) is 0 Å². The molecule has 1 rings (SSSR count). The van der Waals surface area contributed by atoms with E-state index in [9.17, 15) is 9.59 Å². The predicted molar refractivity (Wildman–Crippen MR) is 81.2 cm³/mol. The van der Waals surface area contributed by atoms with Crippen molar-refractivity contribution in [3.63, 3.8) is 0 Å². The van der Waals surface area contributed by atoms with E-state index in [1.165, 1.54) is 13.5 Å². The molecule has 1 aliphatic rings. The number of carbonyl (C=O) groups excluding carboxylic acids is 2. The molecule has 7 nitrogen and oxygen atoms in total. The van der Waals surface area contributed by atoms with E-state index in [4.69, 9.17) is 4.74 Å². The number of piperidine rings is 1. The summed E-state index contributed by atoms with van der Waals surface area (Å²) in [4.78, 5) is 25.5. The van der Waals surface area contributed by atoms with Crippen molar-refractivity contribution in [2.45, 2.75) is 38.3 Å². The Hall–Kier alpha value is -1.18. The van der Waals surface area contributed by atoms with Gasteiger partial charge in [0.05, 0.1) is 12.6 Å². The van der Waals surface area contributed by atoms with Gasteiger partial charge < -0.3 is 15.4 Å². The molecule has 1 heterocycles. The summed E-state index contributed by atoms with van der Waals surface area (Å²) in [5.74, 6) is -0.252. The van der Waals surface area contributed by atoms with E-state index in [1.807, 2.05) is 6.92 Å². The van der Waals surface area contributed by atoms with Crippen LogP contribution < -0.4 is 16.0 Å². The normalized spacial score (nSPS) is 20.8. The van der Waals surface area contributed by atoms with Gasteiger partial charge >= 0.3 is 6.03 Å². The molecule has 3 amide bonds. The van der Waals surface area contributed by atoms with E-state index in [1.54, 1.807) is 7.11 Å². The number of nitrogens with zero attached hydrogens (tertiary/aromatic N) is 1. The second-order valence-corrected chi connectivity index (χ2v) is 5.33. The highest BCUT2D eigenvalue weighted by molar-refractivity contribution is 5.96. The molecule has 0 aromatic heterocycles. The van der Waals surface area contributed by atoms with Crippen LogP contribution in [0.2, 0.25) is 0 Å². The standard InChI is InChI=1S/C14H28N4O3/c1-11(13(19)17-14(20)15-2)18-8-5-4-6-12(18)10-16-7-9-21-3/h11-12,16H,4-10H2,1-3H3,(H2,15,17,19,20). The van der Waals surface area contributed by atoms with Gasteiger partial charge in [-0.1, -0.05) is 6.42 Å². The van der Waals surface area contributed by atoms with Crippen molar-refractivity contribution >= 4 is 11.9 Å². The number of imide groups is 1. The fourth-order valence-corrected chi connectivity index (χ4v) is 2.62. The number of rotatable bonds is 7. The predicted octanol–water partition coefficient (Wildman–Crippen LogP) is -0.0790. The van der Waals surface area contributed by atoms with Crippen LogP contribution in [0.5, 0.6) is 0 Å². The van der Waals surface area contributed by atoms with Gasteiger partial charge in [0, 0.05) is 33.3 Å². The highest BCUT2D eigenvalue weighted by Gasteiger charge is 2.30. The molecule has 2 unspecified atom stereocenters. The average molecular weight is 300 g/mol. The molecule has 0 bridgehead atoms. The maximum absolute atomic E-state index is 12.1. The van der Waals surface area contributed by atoms with Gasteiger partial charge in [0.2, 0.25) is 5.91 Å². The Balaban J connectivity index is 2.50. The molecule has 3 N–H and O–H groups in total. The number of methoxy groups -OCH3 is 1. The van der Waals surface area contributed by atoms with Crippen LogP contribution in [0.15, 0.2) is 0 Å². The number of nitrogens with one attached hydrogen (secondary N) is 3. The van der Waals surface area contributed by atoms with E-state index in [0.29, 0.717) is 12.6 Å². The summed E-state index contributed by atoms with van der Waals surface area (Å²) in [5, 5.41) is 8.10. The minimum Gasteiger partial charge on any atom is -0.383 e. The molecule has 0 radical (unpaired) electrons. The maximum Gasteiger partial charge on any atom is 0.321 e. The first-order valence-electron chi connectivity index (χ1n) is 7.58. The van der Waals surface area contributed by atoms with Crippen molar-refractivity contribution in [2.24, 2.45) is 0 Å². The van der Waals surface area contributed by atoms with Crippen LogP contribution in [-0.4, -0.2) is 69.3 Å². The smallest absolute Gasteiger partial charge is 0.321 e. The minimum absolute atomic E-state index is 0.252. The summed E-state index contributed by atoms with van der Waals surface area (Å²) >= 11 is 0. The third-order valence-electron chi connectivity index (χ3n) is 3.88. The number of carbonyl (C=O) groups is 2. The fourth-order valence-electron chi connectivity index (χ4n) is 2.62. The number of ether oxygens (including phenoxy) is 1. The van der Waals surface area contributed by atoms with Gasteiger partial charge in [-0.3, -0.25) is 15.0 Å². The monoisotopic (exact) mass is 300 g/mol. The Kier molecular flexibility index (Phi) is 8.26. The van der Waals surface area contributed by atoms with Crippen LogP contribution in [0.1, 0.15) is 26.2 Å². The Morgan fingerprint density at radius 3 is 2.81 bits per heavy atom. The first kappa shape index (κ1) is 17.9. The highest BCUT2D eigenvalue weighted by atomic mass is 16.5. The van der Waals surface area contributed by atoms with Gasteiger partial charge in [-0.15, -0.1) is 0 Å². The van der Waals surface area contributed by atoms with Gasteiger partial charge in [-0.25, -0.2) is 4.79 Å². The third-order valence-corrected chi connectivity index (χ3v) is 3.88. The summed E-state index contributed by atoms with van der Waals surface area (Å²) in [7, 11) is 3.18. The van der Waals surface area contributed by atoms with Crippen LogP contribution in [0.25, 0.3) is 0 Å². The molecule has 1 saturated heterocycles. The van der Waals surface area contributed by atoms with Crippen LogP contribution in [0, 0.1) is 0 Å². The van der Waals surface area contributed by atoms with Gasteiger partial charge in [0.1, 0.15) is 0 Å². The van der Waals surface area contributed by atoms with Gasteiger partial charge in [-0.05, 0) is 26.3 Å². The van der Waals surface area contributed by atoms with Crippen molar-refractivity contribution in [3.8, 4) is 0 Å². The summed E-state index contributed by atoms with van der Waals surface area (Å²) in [6.45, 7) is 5.06. The lowest BCUT2D eigenvalue weighted by atomic mass is 9.99. The van der Waals surface area contributed by atoms with Crippen molar-refractivity contribution in [1.82, 2.24) is 20.9 Å². The molecule has 0 saturated carbocycles.